The highest BCUT2D eigenvalue weighted by molar-refractivity contribution is 14.1. The maximum absolute atomic E-state index is 12.8. The Bertz CT molecular complexity index is 1240. The summed E-state index contributed by atoms with van der Waals surface area (Å²) >= 11 is 2.16. The summed E-state index contributed by atoms with van der Waals surface area (Å²) in [6, 6.07) is 4.21. The molecule has 1 aliphatic rings. The van der Waals surface area contributed by atoms with Crippen LogP contribution in [-0.4, -0.2) is 36.7 Å². The standard InChI is InChI=1S/C20H20IN5O2S2/c1-26-10-13-7-12(9-23-18(13)25-26)15-8-14(11-3-4-11)16-17(22)20(29-19(16)24-15)30(27)6-2-5-28-21/h7-11H,2-6,22H2,1H3. The zero-order valence-electron chi connectivity index (χ0n) is 16.3. The second-order valence-electron chi connectivity index (χ2n) is 7.51. The fourth-order valence-electron chi connectivity index (χ4n) is 3.67. The number of halogens is 1. The van der Waals surface area contributed by atoms with E-state index in [0.717, 1.165) is 56.0 Å². The van der Waals surface area contributed by atoms with E-state index < -0.39 is 11.2 Å². The summed E-state index contributed by atoms with van der Waals surface area (Å²) in [5, 5.41) is 6.31. The zero-order chi connectivity index (χ0) is 20.8. The Kier molecular flexibility index (Phi) is 5.60. The molecule has 30 heavy (non-hydrogen) atoms. The second kappa shape index (κ2) is 8.23. The molecule has 1 atom stereocenters. The van der Waals surface area contributed by atoms with Crippen LogP contribution in [0.3, 0.4) is 0 Å². The van der Waals surface area contributed by atoms with E-state index in [-0.39, 0.29) is 0 Å². The van der Waals surface area contributed by atoms with Crippen LogP contribution in [-0.2, 0) is 21.3 Å². The molecule has 0 bridgehead atoms. The number of nitrogens with zero attached hydrogens (tertiary/aromatic N) is 4. The monoisotopic (exact) mass is 553 g/mol. The van der Waals surface area contributed by atoms with E-state index in [1.165, 1.54) is 16.9 Å². The molecular weight excluding hydrogens is 533 g/mol. The smallest absolute Gasteiger partial charge is 0.232 e. The van der Waals surface area contributed by atoms with Gasteiger partial charge in [0.2, 0.25) is 4.21 Å². The average molecular weight is 553 g/mol. The summed E-state index contributed by atoms with van der Waals surface area (Å²) in [6.45, 7) is 0.580. The number of aromatic nitrogens is 4. The number of pyridine rings is 2. The van der Waals surface area contributed by atoms with E-state index >= 15 is 0 Å². The van der Waals surface area contributed by atoms with Crippen molar-refractivity contribution in [1.29, 1.82) is 0 Å². The summed E-state index contributed by atoms with van der Waals surface area (Å²) in [5.41, 5.74) is 10.9. The highest BCUT2D eigenvalue weighted by Gasteiger charge is 2.31. The largest absolute Gasteiger partial charge is 0.611 e. The fraction of sp³-hybridized carbons (Fsp3) is 0.350. The van der Waals surface area contributed by atoms with Gasteiger partial charge in [-0.3, -0.25) is 4.68 Å². The van der Waals surface area contributed by atoms with Crippen LogP contribution in [0.5, 0.6) is 0 Å². The second-order valence-corrected chi connectivity index (χ2v) is 10.9. The molecule has 1 saturated carbocycles. The lowest BCUT2D eigenvalue weighted by Gasteiger charge is -2.09. The molecule has 1 fully saturated rings. The van der Waals surface area contributed by atoms with Crippen molar-refractivity contribution >= 4 is 72.5 Å². The van der Waals surface area contributed by atoms with Crippen molar-refractivity contribution in [2.45, 2.75) is 29.4 Å². The van der Waals surface area contributed by atoms with Crippen LogP contribution >= 0.6 is 34.3 Å². The molecule has 4 aromatic rings. The van der Waals surface area contributed by atoms with Gasteiger partial charge in [-0.15, -0.1) is 0 Å². The highest BCUT2D eigenvalue weighted by atomic mass is 127. The highest BCUT2D eigenvalue weighted by Crippen LogP contribution is 2.49. The number of hydrogen-bond donors (Lipinski definition) is 1. The lowest BCUT2D eigenvalue weighted by molar-refractivity contribution is 0.424. The van der Waals surface area contributed by atoms with Crippen molar-refractivity contribution in [3.63, 3.8) is 0 Å². The fourth-order valence-corrected chi connectivity index (χ4v) is 6.62. The van der Waals surface area contributed by atoms with E-state index in [0.29, 0.717) is 24.0 Å². The molecule has 1 unspecified atom stereocenters. The van der Waals surface area contributed by atoms with E-state index in [9.17, 15) is 4.55 Å². The molecule has 1 aliphatic carbocycles. The number of nitrogen functional groups attached to an aromatic ring is 1. The van der Waals surface area contributed by atoms with Crippen LogP contribution in [0.15, 0.2) is 28.7 Å². The molecule has 4 heterocycles. The van der Waals surface area contributed by atoms with Crippen LogP contribution in [0.1, 0.15) is 30.7 Å². The number of hydrogen-bond acceptors (Lipinski definition) is 7. The first-order valence-electron chi connectivity index (χ1n) is 9.69. The van der Waals surface area contributed by atoms with E-state index in [2.05, 4.69) is 22.2 Å². The molecule has 0 saturated heterocycles. The molecule has 0 spiro atoms. The molecule has 0 radical (unpaired) electrons. The first-order chi connectivity index (χ1) is 14.5. The summed E-state index contributed by atoms with van der Waals surface area (Å²) in [6.07, 6.45) is 6.81. The van der Waals surface area contributed by atoms with Crippen LogP contribution in [0, 0.1) is 0 Å². The van der Waals surface area contributed by atoms with Gasteiger partial charge in [-0.2, -0.15) is 5.10 Å². The third-order valence-electron chi connectivity index (χ3n) is 5.24. The maximum Gasteiger partial charge on any atom is 0.232 e. The summed E-state index contributed by atoms with van der Waals surface area (Å²) in [5.74, 6) is 1.03. The SMILES string of the molecule is Cn1cc2cc(-c3cc(C4CC4)c4c(N)c([S+]([O-])CCCOI)sc4n3)cnc2n1. The topological polar surface area (TPSA) is 102 Å². The Labute approximate surface area is 194 Å². The Hall–Kier alpha value is -1.47. The molecule has 5 rings (SSSR count). The normalized spacial score (nSPS) is 15.3. The quantitative estimate of drug-likeness (QED) is 0.205. The molecular formula is C20H20IN5O2S2. The minimum Gasteiger partial charge on any atom is -0.611 e. The van der Waals surface area contributed by atoms with Crippen LogP contribution in [0.2, 0.25) is 0 Å². The molecule has 0 aliphatic heterocycles. The van der Waals surface area contributed by atoms with Crippen molar-refractivity contribution in [2.75, 3.05) is 18.1 Å². The Morgan fingerprint density at radius 2 is 2.23 bits per heavy atom. The third kappa shape index (κ3) is 3.79. The van der Waals surface area contributed by atoms with Gasteiger partial charge in [0.15, 0.2) is 5.65 Å². The Morgan fingerprint density at radius 3 is 3.00 bits per heavy atom. The molecule has 0 amide bonds. The predicted octanol–water partition coefficient (Wildman–Crippen LogP) is 4.57. The Morgan fingerprint density at radius 1 is 1.40 bits per heavy atom. The third-order valence-corrected chi connectivity index (χ3v) is 8.67. The number of nitrogens with two attached hydrogens (primary N) is 1. The van der Waals surface area contributed by atoms with Gasteiger partial charge in [0.05, 0.1) is 12.3 Å². The number of fused-ring (bicyclic) bond motifs is 2. The predicted molar refractivity (Wildman–Crippen MR) is 129 cm³/mol. The van der Waals surface area contributed by atoms with Gasteiger partial charge in [-0.05, 0) is 47.6 Å². The zero-order valence-corrected chi connectivity index (χ0v) is 20.1. The van der Waals surface area contributed by atoms with Gasteiger partial charge in [0.25, 0.3) is 0 Å². The summed E-state index contributed by atoms with van der Waals surface area (Å²) in [7, 11) is 1.89. The van der Waals surface area contributed by atoms with Crippen LogP contribution < -0.4 is 5.73 Å². The molecule has 4 aromatic heterocycles. The first-order valence-corrected chi connectivity index (χ1v) is 12.7. The molecule has 10 heteroatoms. The lowest BCUT2D eigenvalue weighted by Crippen LogP contribution is -2.08. The number of rotatable bonds is 7. The maximum atomic E-state index is 12.8. The molecule has 156 valence electrons. The van der Waals surface area contributed by atoms with Crippen molar-refractivity contribution in [3.05, 3.63) is 30.1 Å². The van der Waals surface area contributed by atoms with Gasteiger partial charge in [-0.1, -0.05) is 11.3 Å². The van der Waals surface area contributed by atoms with E-state index in [1.54, 1.807) is 4.68 Å². The van der Waals surface area contributed by atoms with Crippen LogP contribution in [0.25, 0.3) is 32.5 Å². The van der Waals surface area contributed by atoms with Crippen molar-refractivity contribution < 1.29 is 7.62 Å². The van der Waals surface area contributed by atoms with E-state index in [1.807, 2.05) is 42.4 Å². The molecule has 0 aromatic carbocycles. The van der Waals surface area contributed by atoms with Crippen LogP contribution in [0.4, 0.5) is 5.69 Å². The van der Waals surface area contributed by atoms with Gasteiger partial charge in [0.1, 0.15) is 39.3 Å². The van der Waals surface area contributed by atoms with Crippen molar-refractivity contribution in [3.8, 4) is 11.3 Å². The Balaban J connectivity index is 1.60. The van der Waals surface area contributed by atoms with Gasteiger partial charge in [0, 0.05) is 42.2 Å². The first kappa shape index (κ1) is 20.4. The molecule has 2 N–H and O–H groups in total. The number of thiophene rings is 1. The minimum absolute atomic E-state index is 0.495. The number of aryl methyl sites for hydroxylation is 1. The number of anilines is 1. The summed E-state index contributed by atoms with van der Waals surface area (Å²) < 4.78 is 20.4. The minimum atomic E-state index is -1.15. The summed E-state index contributed by atoms with van der Waals surface area (Å²) in [4.78, 5) is 10.2. The average Bonchev–Trinajstić information content (AvgIpc) is 3.43. The van der Waals surface area contributed by atoms with Gasteiger partial charge >= 0.3 is 0 Å². The van der Waals surface area contributed by atoms with Crippen molar-refractivity contribution in [2.24, 2.45) is 7.05 Å². The van der Waals surface area contributed by atoms with E-state index in [4.69, 9.17) is 13.8 Å². The molecule has 7 nitrogen and oxygen atoms in total. The van der Waals surface area contributed by atoms with Gasteiger partial charge < -0.3 is 13.4 Å². The van der Waals surface area contributed by atoms with Gasteiger partial charge in [-0.25, -0.2) is 9.97 Å². The van der Waals surface area contributed by atoms with Crippen molar-refractivity contribution in [1.82, 2.24) is 19.7 Å². The lowest BCUT2D eigenvalue weighted by atomic mass is 10.0.